The van der Waals surface area contributed by atoms with Crippen LogP contribution in [0.1, 0.15) is 62.3 Å². The van der Waals surface area contributed by atoms with Crippen molar-refractivity contribution in [3.63, 3.8) is 0 Å². The lowest BCUT2D eigenvalue weighted by molar-refractivity contribution is 0.163. The summed E-state index contributed by atoms with van der Waals surface area (Å²) in [4.78, 5) is 14.8. The topological polar surface area (TPSA) is 52.8 Å². The SMILES string of the molecule is CCc1nc(C(C)C)ccc1-c1nc2c(C)cn(C(C)COC)c2nc1C. The van der Waals surface area contributed by atoms with Crippen molar-refractivity contribution in [2.45, 2.75) is 59.9 Å². The number of rotatable bonds is 6. The van der Waals surface area contributed by atoms with E-state index in [0.717, 1.165) is 51.5 Å². The number of pyridine rings is 1. The van der Waals surface area contributed by atoms with Gasteiger partial charge in [0.1, 0.15) is 5.52 Å². The summed E-state index contributed by atoms with van der Waals surface area (Å²) >= 11 is 0. The third kappa shape index (κ3) is 3.61. The highest BCUT2D eigenvalue weighted by Gasteiger charge is 2.18. The van der Waals surface area contributed by atoms with E-state index in [1.807, 2.05) is 6.92 Å². The standard InChI is InChI=1S/C22H30N4O/c1-8-18-17(9-10-19(24-18)13(2)3)21-16(6)23-22-20(25-21)14(4)11-26(22)15(5)12-27-7/h9-11,13,15H,8,12H2,1-7H3. The normalized spacial score (nSPS) is 12.9. The Morgan fingerprint density at radius 1 is 1.07 bits per heavy atom. The fourth-order valence-corrected chi connectivity index (χ4v) is 3.52. The second kappa shape index (κ2) is 7.77. The van der Waals surface area contributed by atoms with Gasteiger partial charge in [-0.1, -0.05) is 20.8 Å². The Balaban J connectivity index is 2.17. The number of hydrogen-bond acceptors (Lipinski definition) is 4. The molecule has 0 aliphatic rings. The van der Waals surface area contributed by atoms with Crippen LogP contribution in [0.4, 0.5) is 0 Å². The zero-order chi connectivity index (χ0) is 19.7. The minimum Gasteiger partial charge on any atom is -0.383 e. The second-order valence-electron chi connectivity index (χ2n) is 7.59. The van der Waals surface area contributed by atoms with E-state index in [-0.39, 0.29) is 6.04 Å². The lowest BCUT2D eigenvalue weighted by Crippen LogP contribution is -2.11. The van der Waals surface area contributed by atoms with Gasteiger partial charge in [0.05, 0.1) is 24.0 Å². The van der Waals surface area contributed by atoms with Gasteiger partial charge in [-0.15, -0.1) is 0 Å². The maximum absolute atomic E-state index is 5.32. The Labute approximate surface area is 161 Å². The fraction of sp³-hybridized carbons (Fsp3) is 0.500. The van der Waals surface area contributed by atoms with Gasteiger partial charge in [0.2, 0.25) is 0 Å². The molecular formula is C22H30N4O. The van der Waals surface area contributed by atoms with Crippen LogP contribution in [-0.4, -0.2) is 33.2 Å². The molecule has 0 aliphatic heterocycles. The van der Waals surface area contributed by atoms with Crippen LogP contribution in [0.15, 0.2) is 18.3 Å². The molecule has 5 nitrogen and oxygen atoms in total. The van der Waals surface area contributed by atoms with Crippen molar-refractivity contribution in [1.29, 1.82) is 0 Å². The molecule has 1 unspecified atom stereocenters. The Kier molecular flexibility index (Phi) is 5.61. The second-order valence-corrected chi connectivity index (χ2v) is 7.59. The molecule has 0 N–H and O–H groups in total. The first kappa shape index (κ1) is 19.5. The number of ether oxygens (including phenoxy) is 1. The van der Waals surface area contributed by atoms with Gasteiger partial charge in [0.25, 0.3) is 0 Å². The maximum atomic E-state index is 5.32. The van der Waals surface area contributed by atoms with Gasteiger partial charge in [-0.2, -0.15) is 0 Å². The summed E-state index contributed by atoms with van der Waals surface area (Å²) in [7, 11) is 1.73. The molecular weight excluding hydrogens is 336 g/mol. The number of aromatic nitrogens is 4. The summed E-state index contributed by atoms with van der Waals surface area (Å²) in [6, 6.07) is 4.48. The van der Waals surface area contributed by atoms with Crippen LogP contribution in [0.5, 0.6) is 0 Å². The minimum atomic E-state index is 0.212. The molecule has 0 fully saturated rings. The van der Waals surface area contributed by atoms with E-state index < -0.39 is 0 Å². The lowest BCUT2D eigenvalue weighted by atomic mass is 10.0. The summed E-state index contributed by atoms with van der Waals surface area (Å²) in [5.41, 5.74) is 8.16. The summed E-state index contributed by atoms with van der Waals surface area (Å²) in [6.07, 6.45) is 3.00. The van der Waals surface area contributed by atoms with Crippen LogP contribution >= 0.6 is 0 Å². The molecule has 0 saturated heterocycles. The van der Waals surface area contributed by atoms with Gasteiger partial charge in [-0.05, 0) is 50.8 Å². The zero-order valence-electron chi connectivity index (χ0n) is 17.5. The van der Waals surface area contributed by atoms with Crippen molar-refractivity contribution in [2.75, 3.05) is 13.7 Å². The third-order valence-corrected chi connectivity index (χ3v) is 5.06. The highest BCUT2D eigenvalue weighted by Crippen LogP contribution is 2.30. The Hall–Kier alpha value is -2.27. The van der Waals surface area contributed by atoms with Crippen LogP contribution < -0.4 is 0 Å². The summed E-state index contributed by atoms with van der Waals surface area (Å²) < 4.78 is 7.49. The van der Waals surface area contributed by atoms with Crippen LogP contribution in [0.2, 0.25) is 0 Å². The molecule has 0 spiro atoms. The smallest absolute Gasteiger partial charge is 0.159 e. The van der Waals surface area contributed by atoms with E-state index in [1.165, 1.54) is 0 Å². The molecule has 3 rings (SSSR count). The third-order valence-electron chi connectivity index (χ3n) is 5.06. The van der Waals surface area contributed by atoms with Crippen molar-refractivity contribution >= 4 is 11.2 Å². The van der Waals surface area contributed by atoms with Gasteiger partial charge >= 0.3 is 0 Å². The molecule has 0 bridgehead atoms. The number of aryl methyl sites for hydroxylation is 3. The Morgan fingerprint density at radius 3 is 2.44 bits per heavy atom. The average Bonchev–Trinajstić information content (AvgIpc) is 2.96. The molecule has 0 radical (unpaired) electrons. The van der Waals surface area contributed by atoms with E-state index in [0.29, 0.717) is 12.5 Å². The summed E-state index contributed by atoms with van der Waals surface area (Å²) in [5, 5.41) is 0. The van der Waals surface area contributed by atoms with Crippen LogP contribution in [0, 0.1) is 13.8 Å². The summed E-state index contributed by atoms with van der Waals surface area (Å²) in [5.74, 6) is 0.414. The monoisotopic (exact) mass is 366 g/mol. The maximum Gasteiger partial charge on any atom is 0.159 e. The summed E-state index contributed by atoms with van der Waals surface area (Å²) in [6.45, 7) is 13.4. The van der Waals surface area contributed by atoms with Crippen LogP contribution in [0.25, 0.3) is 22.4 Å². The highest BCUT2D eigenvalue weighted by atomic mass is 16.5. The number of nitrogens with zero attached hydrogens (tertiary/aromatic N) is 4. The number of fused-ring (bicyclic) bond motifs is 1. The van der Waals surface area contributed by atoms with Crippen LogP contribution in [0.3, 0.4) is 0 Å². The van der Waals surface area contributed by atoms with E-state index >= 15 is 0 Å². The predicted molar refractivity (Wildman–Crippen MR) is 110 cm³/mol. The first-order valence-electron chi connectivity index (χ1n) is 9.72. The molecule has 3 aromatic heterocycles. The van der Waals surface area contributed by atoms with Crippen molar-refractivity contribution in [1.82, 2.24) is 19.5 Å². The van der Waals surface area contributed by atoms with E-state index in [2.05, 4.69) is 57.5 Å². The van der Waals surface area contributed by atoms with Gasteiger partial charge in [0.15, 0.2) is 5.65 Å². The highest BCUT2D eigenvalue weighted by molar-refractivity contribution is 5.80. The molecule has 144 valence electrons. The zero-order valence-corrected chi connectivity index (χ0v) is 17.5. The molecule has 27 heavy (non-hydrogen) atoms. The van der Waals surface area contributed by atoms with Crippen molar-refractivity contribution in [2.24, 2.45) is 0 Å². The van der Waals surface area contributed by atoms with Crippen LogP contribution in [-0.2, 0) is 11.2 Å². The molecule has 3 heterocycles. The lowest BCUT2D eigenvalue weighted by Gasteiger charge is -2.15. The van der Waals surface area contributed by atoms with Gasteiger partial charge < -0.3 is 9.30 Å². The number of hydrogen-bond donors (Lipinski definition) is 0. The van der Waals surface area contributed by atoms with Crippen molar-refractivity contribution in [3.8, 4) is 11.3 Å². The largest absolute Gasteiger partial charge is 0.383 e. The fourth-order valence-electron chi connectivity index (χ4n) is 3.52. The van der Waals surface area contributed by atoms with Gasteiger partial charge in [-0.3, -0.25) is 4.98 Å². The minimum absolute atomic E-state index is 0.212. The van der Waals surface area contributed by atoms with Gasteiger partial charge in [-0.25, -0.2) is 9.97 Å². The Bertz CT molecular complexity index is 959. The molecule has 3 aromatic rings. The van der Waals surface area contributed by atoms with Crippen molar-refractivity contribution < 1.29 is 4.74 Å². The van der Waals surface area contributed by atoms with Gasteiger partial charge in [0, 0.05) is 30.3 Å². The molecule has 5 heteroatoms. The molecule has 0 aliphatic carbocycles. The number of methoxy groups -OCH3 is 1. The first-order chi connectivity index (χ1) is 12.9. The van der Waals surface area contributed by atoms with E-state index in [1.54, 1.807) is 7.11 Å². The quantitative estimate of drug-likeness (QED) is 0.616. The Morgan fingerprint density at radius 2 is 1.81 bits per heavy atom. The van der Waals surface area contributed by atoms with E-state index in [9.17, 15) is 0 Å². The molecule has 0 aromatic carbocycles. The average molecular weight is 367 g/mol. The molecule has 0 amide bonds. The first-order valence-corrected chi connectivity index (χ1v) is 9.72. The van der Waals surface area contributed by atoms with E-state index in [4.69, 9.17) is 19.7 Å². The molecule has 1 atom stereocenters. The predicted octanol–water partition coefficient (Wildman–Crippen LogP) is 5.00. The molecule has 0 saturated carbocycles. The van der Waals surface area contributed by atoms with Crippen molar-refractivity contribution in [3.05, 3.63) is 41.0 Å².